The van der Waals surface area contributed by atoms with E-state index in [1.807, 2.05) is 13.0 Å². The number of carbonyl (C=O) groups is 4. The summed E-state index contributed by atoms with van der Waals surface area (Å²) in [4.78, 5) is 50.0. The molecule has 0 aliphatic carbocycles. The normalized spacial score (nSPS) is 17.5. The van der Waals surface area contributed by atoms with Crippen LogP contribution in [0.25, 0.3) is 0 Å². The molecule has 1 fully saturated rings. The lowest BCUT2D eigenvalue weighted by Crippen LogP contribution is -2.52. The maximum absolute atomic E-state index is 12.8. The molecule has 3 N–H and O–H groups in total. The van der Waals surface area contributed by atoms with Crippen molar-refractivity contribution >= 4 is 41.0 Å². The van der Waals surface area contributed by atoms with Crippen molar-refractivity contribution in [3.63, 3.8) is 0 Å². The molecule has 33 heavy (non-hydrogen) atoms. The Morgan fingerprint density at radius 3 is 2.82 bits per heavy atom. The molecule has 0 saturated carbocycles. The molecule has 172 valence electrons. The molecule has 1 saturated heterocycles. The fraction of sp³-hybridized carbons (Fsp3) is 0.304. The summed E-state index contributed by atoms with van der Waals surface area (Å²) in [6.45, 7) is 2.52. The van der Waals surface area contributed by atoms with E-state index in [0.717, 1.165) is 5.56 Å². The van der Waals surface area contributed by atoms with Crippen LogP contribution in [0.1, 0.15) is 34.3 Å². The number of hydrogen-bond donors (Lipinski definition) is 3. The number of aryl methyl sites for hydroxylation is 1. The van der Waals surface area contributed by atoms with Gasteiger partial charge in [-0.25, -0.2) is 4.79 Å². The molecule has 4 rings (SSSR count). The van der Waals surface area contributed by atoms with Gasteiger partial charge in [0.2, 0.25) is 11.8 Å². The molecule has 0 bridgehead atoms. The number of benzene rings is 2. The maximum atomic E-state index is 12.8. The maximum Gasteiger partial charge on any atom is 0.319 e. The largest absolute Gasteiger partial charge is 0.491 e. The van der Waals surface area contributed by atoms with E-state index < -0.39 is 18.0 Å². The van der Waals surface area contributed by atoms with Gasteiger partial charge in [0.25, 0.3) is 5.91 Å². The number of amides is 5. The van der Waals surface area contributed by atoms with Gasteiger partial charge in [-0.15, -0.1) is 0 Å². The lowest BCUT2D eigenvalue weighted by molar-refractivity contribution is -0.136. The number of nitrogens with zero attached hydrogens (tertiary/aromatic N) is 1. The molecule has 2 aromatic carbocycles. The highest BCUT2D eigenvalue weighted by molar-refractivity contribution is 6.31. The van der Waals surface area contributed by atoms with E-state index >= 15 is 0 Å². The average Bonchev–Trinajstić information content (AvgIpc) is 3.11. The van der Waals surface area contributed by atoms with E-state index in [4.69, 9.17) is 16.3 Å². The fourth-order valence-corrected chi connectivity index (χ4v) is 4.04. The Balaban J connectivity index is 1.31. The lowest BCUT2D eigenvalue weighted by atomic mass is 10.0. The molecular formula is C23H23ClN4O5. The standard InChI is InChI=1S/C23H23ClN4O5/c1-13-5-6-14(11-17(13)24)26-23(32)25-9-10-33-19-4-2-3-15-16(19)12-28(22(15)31)18-7-8-20(29)27-21(18)30/h2-6,11,18H,7-10,12H2,1H3,(H2,25,26,32)(H,27,29,30). The second-order valence-electron chi connectivity index (χ2n) is 7.88. The van der Waals surface area contributed by atoms with Gasteiger partial charge in [-0.3, -0.25) is 19.7 Å². The molecule has 0 radical (unpaired) electrons. The number of nitrogens with one attached hydrogen (secondary N) is 3. The summed E-state index contributed by atoms with van der Waals surface area (Å²) in [5.74, 6) is -0.534. The van der Waals surface area contributed by atoms with Crippen LogP contribution >= 0.6 is 11.6 Å². The second kappa shape index (κ2) is 9.50. The van der Waals surface area contributed by atoms with Gasteiger partial charge in [0.1, 0.15) is 18.4 Å². The Hall–Kier alpha value is -3.59. The SMILES string of the molecule is Cc1ccc(NC(=O)NCCOc2cccc3c2CN(C2CCC(=O)NC2=O)C3=O)cc1Cl. The quantitative estimate of drug-likeness (QED) is 0.443. The van der Waals surface area contributed by atoms with Gasteiger partial charge in [0.15, 0.2) is 0 Å². The van der Waals surface area contributed by atoms with Crippen LogP contribution in [0.4, 0.5) is 10.5 Å². The molecule has 2 aromatic rings. The third kappa shape index (κ3) is 4.93. The van der Waals surface area contributed by atoms with Crippen LogP contribution in [0.5, 0.6) is 5.75 Å². The number of imide groups is 1. The van der Waals surface area contributed by atoms with Crippen molar-refractivity contribution in [3.8, 4) is 5.75 Å². The summed E-state index contributed by atoms with van der Waals surface area (Å²) in [5.41, 5.74) is 2.66. The highest BCUT2D eigenvalue weighted by atomic mass is 35.5. The van der Waals surface area contributed by atoms with Gasteiger partial charge in [0, 0.05) is 28.3 Å². The van der Waals surface area contributed by atoms with Crippen molar-refractivity contribution in [2.75, 3.05) is 18.5 Å². The van der Waals surface area contributed by atoms with Crippen molar-refractivity contribution < 1.29 is 23.9 Å². The zero-order chi connectivity index (χ0) is 23.5. The first-order valence-corrected chi connectivity index (χ1v) is 10.9. The number of carbonyl (C=O) groups excluding carboxylic acids is 4. The molecule has 5 amide bonds. The van der Waals surface area contributed by atoms with E-state index in [2.05, 4.69) is 16.0 Å². The summed E-state index contributed by atoms with van der Waals surface area (Å²) in [5, 5.41) is 8.26. The van der Waals surface area contributed by atoms with E-state index in [1.54, 1.807) is 30.3 Å². The van der Waals surface area contributed by atoms with E-state index in [-0.39, 0.29) is 37.9 Å². The van der Waals surface area contributed by atoms with Crippen LogP contribution in [0.2, 0.25) is 5.02 Å². The van der Waals surface area contributed by atoms with E-state index in [9.17, 15) is 19.2 Å². The number of urea groups is 1. The highest BCUT2D eigenvalue weighted by Gasteiger charge is 2.40. The van der Waals surface area contributed by atoms with Crippen molar-refractivity contribution in [3.05, 3.63) is 58.1 Å². The van der Waals surface area contributed by atoms with Crippen molar-refractivity contribution in [2.45, 2.75) is 32.4 Å². The molecule has 1 atom stereocenters. The monoisotopic (exact) mass is 470 g/mol. The van der Waals surface area contributed by atoms with Crippen molar-refractivity contribution in [1.29, 1.82) is 0 Å². The summed E-state index contributed by atoms with van der Waals surface area (Å²) < 4.78 is 5.82. The topological polar surface area (TPSA) is 117 Å². The number of piperidine rings is 1. The van der Waals surface area contributed by atoms with Crippen LogP contribution in [-0.2, 0) is 16.1 Å². The predicted octanol–water partition coefficient (Wildman–Crippen LogP) is 2.61. The first kappa shape index (κ1) is 22.6. The summed E-state index contributed by atoms with van der Waals surface area (Å²) >= 11 is 6.07. The Bertz CT molecular complexity index is 1140. The Morgan fingerprint density at radius 2 is 2.06 bits per heavy atom. The van der Waals surface area contributed by atoms with Gasteiger partial charge in [0.05, 0.1) is 13.1 Å². The van der Waals surface area contributed by atoms with Gasteiger partial charge in [-0.1, -0.05) is 23.7 Å². The highest BCUT2D eigenvalue weighted by Crippen LogP contribution is 2.33. The first-order valence-electron chi connectivity index (χ1n) is 10.5. The number of hydrogen-bond acceptors (Lipinski definition) is 5. The zero-order valence-corrected chi connectivity index (χ0v) is 18.7. The lowest BCUT2D eigenvalue weighted by Gasteiger charge is -2.29. The molecule has 0 spiro atoms. The van der Waals surface area contributed by atoms with Crippen LogP contribution < -0.4 is 20.7 Å². The minimum atomic E-state index is -0.684. The summed E-state index contributed by atoms with van der Waals surface area (Å²) in [6, 6.07) is 9.31. The van der Waals surface area contributed by atoms with Crippen LogP contribution in [0, 0.1) is 6.92 Å². The number of halogens is 1. The molecule has 9 nitrogen and oxygen atoms in total. The van der Waals surface area contributed by atoms with Crippen LogP contribution in [-0.4, -0.2) is 47.8 Å². The number of ether oxygens (including phenoxy) is 1. The number of anilines is 1. The number of fused-ring (bicyclic) bond motifs is 1. The Kier molecular flexibility index (Phi) is 6.50. The van der Waals surface area contributed by atoms with Crippen LogP contribution in [0.3, 0.4) is 0 Å². The second-order valence-corrected chi connectivity index (χ2v) is 8.28. The minimum absolute atomic E-state index is 0.186. The van der Waals surface area contributed by atoms with Gasteiger partial charge >= 0.3 is 6.03 Å². The third-order valence-corrected chi connectivity index (χ3v) is 6.02. The molecule has 10 heteroatoms. The number of rotatable bonds is 6. The molecule has 2 heterocycles. The Labute approximate surface area is 195 Å². The minimum Gasteiger partial charge on any atom is -0.491 e. The molecule has 0 aromatic heterocycles. The summed E-state index contributed by atoms with van der Waals surface area (Å²) in [6.07, 6.45) is 0.494. The smallest absolute Gasteiger partial charge is 0.319 e. The van der Waals surface area contributed by atoms with Gasteiger partial charge in [-0.05, 0) is 43.2 Å². The third-order valence-electron chi connectivity index (χ3n) is 5.61. The average molecular weight is 471 g/mol. The molecular weight excluding hydrogens is 448 g/mol. The zero-order valence-electron chi connectivity index (χ0n) is 17.9. The summed E-state index contributed by atoms with van der Waals surface area (Å²) in [7, 11) is 0. The molecule has 1 unspecified atom stereocenters. The van der Waals surface area contributed by atoms with E-state index in [0.29, 0.717) is 34.0 Å². The van der Waals surface area contributed by atoms with Crippen molar-refractivity contribution in [2.24, 2.45) is 0 Å². The Morgan fingerprint density at radius 1 is 1.24 bits per heavy atom. The molecule has 2 aliphatic rings. The van der Waals surface area contributed by atoms with Crippen molar-refractivity contribution in [1.82, 2.24) is 15.5 Å². The van der Waals surface area contributed by atoms with E-state index in [1.165, 1.54) is 4.90 Å². The van der Waals surface area contributed by atoms with Gasteiger partial charge in [-0.2, -0.15) is 0 Å². The first-order chi connectivity index (χ1) is 15.8. The fourth-order valence-electron chi connectivity index (χ4n) is 3.86. The van der Waals surface area contributed by atoms with Crippen LogP contribution in [0.15, 0.2) is 36.4 Å². The predicted molar refractivity (Wildman–Crippen MR) is 121 cm³/mol. The molecule has 2 aliphatic heterocycles. The van der Waals surface area contributed by atoms with Gasteiger partial charge < -0.3 is 20.3 Å².